The molecule has 0 saturated heterocycles. The molecule has 0 unspecified atom stereocenters. The largest absolute Gasteiger partial charge is 0.464 e. The summed E-state index contributed by atoms with van der Waals surface area (Å²) in [6.07, 6.45) is 1.43. The molecule has 0 aliphatic carbocycles. The van der Waals surface area contributed by atoms with Crippen molar-refractivity contribution >= 4 is 34.9 Å². The number of halogens is 1. The van der Waals surface area contributed by atoms with E-state index >= 15 is 0 Å². The Kier molecular flexibility index (Phi) is 5.34. The lowest BCUT2D eigenvalue weighted by Gasteiger charge is -2.11. The van der Waals surface area contributed by atoms with E-state index in [0.29, 0.717) is 22.0 Å². The maximum Gasteiger partial charge on any atom is 0.357 e. The zero-order valence-corrected chi connectivity index (χ0v) is 15.5. The minimum atomic E-state index is -0.687. The zero-order valence-electron chi connectivity index (χ0n) is 14.8. The van der Waals surface area contributed by atoms with Crippen LogP contribution in [0.1, 0.15) is 26.4 Å². The van der Waals surface area contributed by atoms with Crippen molar-refractivity contribution in [1.82, 2.24) is 4.57 Å². The highest BCUT2D eigenvalue weighted by molar-refractivity contribution is 6.31. The average molecular weight is 395 g/mol. The number of aromatic nitrogens is 1. The molecule has 0 saturated carbocycles. The molecular weight excluding hydrogens is 380 g/mol. The number of nitrogens with one attached hydrogen (secondary N) is 1. The average Bonchev–Trinajstić information content (AvgIpc) is 3.04. The van der Waals surface area contributed by atoms with Crippen molar-refractivity contribution in [2.75, 3.05) is 18.2 Å². The monoisotopic (exact) mass is 394 g/mol. The van der Waals surface area contributed by atoms with Gasteiger partial charge in [-0.1, -0.05) is 23.7 Å². The van der Waals surface area contributed by atoms with Crippen LogP contribution in [-0.2, 0) is 4.74 Å². The molecule has 28 heavy (non-hydrogen) atoms. The van der Waals surface area contributed by atoms with Crippen molar-refractivity contribution in [3.8, 4) is 11.8 Å². The number of benzene rings is 2. The summed E-state index contributed by atoms with van der Waals surface area (Å²) in [6, 6.07) is 15.3. The van der Waals surface area contributed by atoms with Crippen LogP contribution in [-0.4, -0.2) is 23.6 Å². The number of ether oxygens (including phenoxy) is 1. The lowest BCUT2D eigenvalue weighted by atomic mass is 10.1. The van der Waals surface area contributed by atoms with Crippen molar-refractivity contribution < 1.29 is 14.3 Å². The third kappa shape index (κ3) is 3.68. The quantitative estimate of drug-likeness (QED) is 0.656. The SMILES string of the molecule is COC(=O)c1c(N)c(C#N)cn1-c1cccc(C(=O)Nc2cccc(Cl)c2)c1. The Morgan fingerprint density at radius 1 is 1.21 bits per heavy atom. The van der Waals surface area contributed by atoms with Crippen LogP contribution in [0.5, 0.6) is 0 Å². The summed E-state index contributed by atoms with van der Waals surface area (Å²) in [6.45, 7) is 0. The van der Waals surface area contributed by atoms with Gasteiger partial charge < -0.3 is 20.4 Å². The van der Waals surface area contributed by atoms with E-state index in [9.17, 15) is 14.9 Å². The van der Waals surface area contributed by atoms with Crippen LogP contribution in [0.15, 0.2) is 54.7 Å². The van der Waals surface area contributed by atoms with Gasteiger partial charge >= 0.3 is 5.97 Å². The second-order valence-corrected chi connectivity index (χ2v) is 6.23. The normalized spacial score (nSPS) is 10.2. The van der Waals surface area contributed by atoms with Gasteiger partial charge in [0, 0.05) is 28.2 Å². The first kappa shape index (κ1) is 19.0. The third-order valence-corrected chi connectivity index (χ3v) is 4.25. The van der Waals surface area contributed by atoms with Crippen LogP contribution in [0, 0.1) is 11.3 Å². The fourth-order valence-corrected chi connectivity index (χ4v) is 2.88. The van der Waals surface area contributed by atoms with Gasteiger partial charge in [0.05, 0.1) is 18.4 Å². The molecule has 3 aromatic rings. The zero-order chi connectivity index (χ0) is 20.3. The Hall–Kier alpha value is -3.76. The second-order valence-electron chi connectivity index (χ2n) is 5.79. The van der Waals surface area contributed by atoms with Crippen LogP contribution >= 0.6 is 11.6 Å². The fourth-order valence-electron chi connectivity index (χ4n) is 2.68. The van der Waals surface area contributed by atoms with E-state index in [0.717, 1.165) is 0 Å². The molecule has 0 fully saturated rings. The standard InChI is InChI=1S/C20H15ClN4O3/c1-28-20(27)18-17(23)13(10-22)11-25(18)16-7-2-4-12(8-16)19(26)24-15-6-3-5-14(21)9-15/h2-9,11H,23H2,1H3,(H,24,26). The Balaban J connectivity index is 1.99. The van der Waals surface area contributed by atoms with Gasteiger partial charge in [-0.3, -0.25) is 4.79 Å². The van der Waals surface area contributed by atoms with Crippen LogP contribution in [0.25, 0.3) is 5.69 Å². The molecule has 140 valence electrons. The number of nitrogens with zero attached hydrogens (tertiary/aromatic N) is 2. The summed E-state index contributed by atoms with van der Waals surface area (Å²) in [7, 11) is 1.22. The molecule has 1 heterocycles. The van der Waals surface area contributed by atoms with Crippen LogP contribution < -0.4 is 11.1 Å². The van der Waals surface area contributed by atoms with Crippen molar-refractivity contribution in [3.63, 3.8) is 0 Å². The van der Waals surface area contributed by atoms with E-state index in [2.05, 4.69) is 5.32 Å². The van der Waals surface area contributed by atoms with E-state index in [4.69, 9.17) is 22.1 Å². The van der Waals surface area contributed by atoms with Gasteiger partial charge in [-0.25, -0.2) is 4.79 Å². The summed E-state index contributed by atoms with van der Waals surface area (Å²) in [5.74, 6) is -1.04. The number of anilines is 2. The molecular formula is C20H15ClN4O3. The molecule has 7 nitrogen and oxygen atoms in total. The number of hydrogen-bond donors (Lipinski definition) is 2. The Morgan fingerprint density at radius 2 is 1.96 bits per heavy atom. The molecule has 3 N–H and O–H groups in total. The molecule has 0 aliphatic heterocycles. The van der Waals surface area contributed by atoms with Gasteiger partial charge in [0.15, 0.2) is 5.69 Å². The van der Waals surface area contributed by atoms with Crippen molar-refractivity contribution in [2.45, 2.75) is 0 Å². The smallest absolute Gasteiger partial charge is 0.357 e. The number of rotatable bonds is 4. The number of amides is 1. The van der Waals surface area contributed by atoms with Gasteiger partial charge in [-0.15, -0.1) is 0 Å². The number of methoxy groups -OCH3 is 1. The fraction of sp³-hybridized carbons (Fsp3) is 0.0500. The highest BCUT2D eigenvalue weighted by Gasteiger charge is 2.22. The van der Waals surface area contributed by atoms with E-state index in [1.807, 2.05) is 6.07 Å². The number of nitrogens with two attached hydrogens (primary N) is 1. The van der Waals surface area contributed by atoms with Crippen molar-refractivity contribution in [1.29, 1.82) is 5.26 Å². The third-order valence-electron chi connectivity index (χ3n) is 4.01. The predicted molar refractivity (Wildman–Crippen MR) is 106 cm³/mol. The molecule has 3 rings (SSSR count). The highest BCUT2D eigenvalue weighted by Crippen LogP contribution is 2.25. The molecule has 0 radical (unpaired) electrons. The van der Waals surface area contributed by atoms with E-state index in [1.54, 1.807) is 48.5 Å². The molecule has 1 aromatic heterocycles. The highest BCUT2D eigenvalue weighted by atomic mass is 35.5. The summed E-state index contributed by atoms with van der Waals surface area (Å²) >= 11 is 5.93. The maximum atomic E-state index is 12.6. The maximum absolute atomic E-state index is 12.6. The Morgan fingerprint density at radius 3 is 2.64 bits per heavy atom. The first-order valence-electron chi connectivity index (χ1n) is 8.11. The van der Waals surface area contributed by atoms with Gasteiger partial charge in [0.2, 0.25) is 0 Å². The molecule has 0 aliphatic rings. The predicted octanol–water partition coefficient (Wildman–Crippen LogP) is 3.62. The Bertz CT molecular complexity index is 1110. The lowest BCUT2D eigenvalue weighted by molar-refractivity contribution is 0.0593. The van der Waals surface area contributed by atoms with Crippen LogP contribution in [0.3, 0.4) is 0 Å². The molecule has 1 amide bonds. The van der Waals surface area contributed by atoms with Crippen molar-refractivity contribution in [3.05, 3.63) is 76.6 Å². The number of esters is 1. The van der Waals surface area contributed by atoms with Gasteiger partial charge in [0.1, 0.15) is 6.07 Å². The van der Waals surface area contributed by atoms with E-state index in [1.165, 1.54) is 17.9 Å². The summed E-state index contributed by atoms with van der Waals surface area (Å²) in [5, 5.41) is 12.5. The summed E-state index contributed by atoms with van der Waals surface area (Å²) < 4.78 is 6.19. The van der Waals surface area contributed by atoms with Crippen LogP contribution in [0.2, 0.25) is 5.02 Å². The van der Waals surface area contributed by atoms with Gasteiger partial charge in [-0.05, 0) is 36.4 Å². The molecule has 2 aromatic carbocycles. The lowest BCUT2D eigenvalue weighted by Crippen LogP contribution is -2.14. The molecule has 0 spiro atoms. The summed E-state index contributed by atoms with van der Waals surface area (Å²) in [4.78, 5) is 24.7. The Labute approximate surface area is 165 Å². The van der Waals surface area contributed by atoms with Crippen LogP contribution in [0.4, 0.5) is 11.4 Å². The number of carbonyl (C=O) groups is 2. The number of nitriles is 1. The molecule has 0 atom stereocenters. The van der Waals surface area contributed by atoms with Crippen molar-refractivity contribution in [2.24, 2.45) is 0 Å². The minimum Gasteiger partial charge on any atom is -0.464 e. The molecule has 0 bridgehead atoms. The number of nitrogen functional groups attached to an aromatic ring is 1. The van der Waals surface area contributed by atoms with Gasteiger partial charge in [-0.2, -0.15) is 5.26 Å². The second kappa shape index (κ2) is 7.86. The first-order chi connectivity index (χ1) is 13.4. The minimum absolute atomic E-state index is 0.0168. The number of carbonyl (C=O) groups excluding carboxylic acids is 2. The van der Waals surface area contributed by atoms with E-state index < -0.39 is 5.97 Å². The van der Waals surface area contributed by atoms with Gasteiger partial charge in [0.25, 0.3) is 5.91 Å². The summed E-state index contributed by atoms with van der Waals surface area (Å²) in [5.41, 5.74) is 7.45. The topological polar surface area (TPSA) is 110 Å². The molecule has 8 heteroatoms. The first-order valence-corrected chi connectivity index (χ1v) is 8.49. The van der Waals surface area contributed by atoms with E-state index in [-0.39, 0.29) is 22.9 Å². The number of hydrogen-bond acceptors (Lipinski definition) is 5.